The van der Waals surface area contributed by atoms with Gasteiger partial charge in [-0.1, -0.05) is 13.8 Å². The van der Waals surface area contributed by atoms with Gasteiger partial charge in [-0.15, -0.1) is 0 Å². The van der Waals surface area contributed by atoms with Crippen LogP contribution in [-0.4, -0.2) is 36.5 Å². The fraction of sp³-hybridized carbons (Fsp3) is 1.00. The lowest BCUT2D eigenvalue weighted by Crippen LogP contribution is -2.43. The summed E-state index contributed by atoms with van der Waals surface area (Å²) in [5.41, 5.74) is -0.587. The Bertz CT molecular complexity index is 163. The van der Waals surface area contributed by atoms with E-state index in [2.05, 4.69) is 19.2 Å². The van der Waals surface area contributed by atoms with Crippen LogP contribution >= 0.6 is 0 Å². The van der Waals surface area contributed by atoms with Crippen LogP contribution in [0.3, 0.4) is 0 Å². The molecule has 0 aromatic carbocycles. The van der Waals surface area contributed by atoms with E-state index in [0.29, 0.717) is 18.5 Å². The zero-order chi connectivity index (χ0) is 10.6. The standard InChI is InChI=1S/C11H23NO2/c1-9(2)6-11(3,13)8-12-10-4-5-14-7-10/h9-10,12-13H,4-8H2,1-3H3. The van der Waals surface area contributed by atoms with Gasteiger partial charge in [0.15, 0.2) is 0 Å². The highest BCUT2D eigenvalue weighted by atomic mass is 16.5. The predicted molar refractivity (Wildman–Crippen MR) is 57.3 cm³/mol. The van der Waals surface area contributed by atoms with E-state index in [1.54, 1.807) is 0 Å². The Morgan fingerprint density at radius 3 is 2.79 bits per heavy atom. The average Bonchev–Trinajstić information content (AvgIpc) is 2.50. The van der Waals surface area contributed by atoms with Gasteiger partial charge in [-0.25, -0.2) is 0 Å². The van der Waals surface area contributed by atoms with Crippen molar-refractivity contribution in [1.29, 1.82) is 0 Å². The maximum atomic E-state index is 10.0. The molecule has 3 heteroatoms. The lowest BCUT2D eigenvalue weighted by molar-refractivity contribution is 0.0354. The summed E-state index contributed by atoms with van der Waals surface area (Å²) >= 11 is 0. The van der Waals surface area contributed by atoms with Crippen molar-refractivity contribution in [3.8, 4) is 0 Å². The molecule has 0 aliphatic carbocycles. The van der Waals surface area contributed by atoms with Crippen molar-refractivity contribution >= 4 is 0 Å². The van der Waals surface area contributed by atoms with Gasteiger partial charge in [-0.2, -0.15) is 0 Å². The molecular formula is C11H23NO2. The second kappa shape index (κ2) is 5.10. The van der Waals surface area contributed by atoms with E-state index < -0.39 is 5.60 Å². The van der Waals surface area contributed by atoms with Gasteiger partial charge in [-0.3, -0.25) is 0 Å². The maximum Gasteiger partial charge on any atom is 0.0746 e. The van der Waals surface area contributed by atoms with Crippen LogP contribution in [0.25, 0.3) is 0 Å². The number of ether oxygens (including phenoxy) is 1. The minimum atomic E-state index is -0.587. The van der Waals surface area contributed by atoms with Crippen LogP contribution < -0.4 is 5.32 Å². The van der Waals surface area contributed by atoms with E-state index in [1.807, 2.05) is 6.92 Å². The summed E-state index contributed by atoms with van der Waals surface area (Å²) in [4.78, 5) is 0. The monoisotopic (exact) mass is 201 g/mol. The molecule has 1 fully saturated rings. The summed E-state index contributed by atoms with van der Waals surface area (Å²) in [6.45, 7) is 8.47. The van der Waals surface area contributed by atoms with Crippen molar-refractivity contribution in [1.82, 2.24) is 5.32 Å². The van der Waals surface area contributed by atoms with E-state index in [4.69, 9.17) is 4.74 Å². The smallest absolute Gasteiger partial charge is 0.0746 e. The van der Waals surface area contributed by atoms with E-state index >= 15 is 0 Å². The molecule has 2 unspecified atom stereocenters. The summed E-state index contributed by atoms with van der Waals surface area (Å²) in [5.74, 6) is 0.534. The first-order valence-corrected chi connectivity index (χ1v) is 5.53. The molecule has 0 bridgehead atoms. The van der Waals surface area contributed by atoms with Crippen molar-refractivity contribution in [2.45, 2.75) is 45.3 Å². The average molecular weight is 201 g/mol. The fourth-order valence-electron chi connectivity index (χ4n) is 2.01. The summed E-state index contributed by atoms with van der Waals surface area (Å²) in [6.07, 6.45) is 1.91. The Morgan fingerprint density at radius 1 is 1.57 bits per heavy atom. The molecular weight excluding hydrogens is 178 g/mol. The fourth-order valence-corrected chi connectivity index (χ4v) is 2.01. The molecule has 0 aromatic rings. The second-order valence-electron chi connectivity index (χ2n) is 5.04. The first-order valence-electron chi connectivity index (χ1n) is 5.53. The Balaban J connectivity index is 2.20. The van der Waals surface area contributed by atoms with Gasteiger partial charge in [-0.05, 0) is 25.7 Å². The van der Waals surface area contributed by atoms with Crippen LogP contribution in [0.4, 0.5) is 0 Å². The number of aliphatic hydroxyl groups is 1. The zero-order valence-electron chi connectivity index (χ0n) is 9.55. The first kappa shape index (κ1) is 12.0. The molecule has 0 aromatic heterocycles. The maximum absolute atomic E-state index is 10.0. The Hall–Kier alpha value is -0.120. The number of rotatable bonds is 5. The van der Waals surface area contributed by atoms with Crippen LogP contribution in [-0.2, 0) is 4.74 Å². The third-order valence-corrected chi connectivity index (χ3v) is 2.55. The third-order valence-electron chi connectivity index (χ3n) is 2.55. The molecule has 1 rings (SSSR count). The minimum absolute atomic E-state index is 0.439. The van der Waals surface area contributed by atoms with Gasteiger partial charge in [0.1, 0.15) is 0 Å². The quantitative estimate of drug-likeness (QED) is 0.701. The lowest BCUT2D eigenvalue weighted by Gasteiger charge is -2.27. The molecule has 0 spiro atoms. The molecule has 0 amide bonds. The highest BCUT2D eigenvalue weighted by Gasteiger charge is 2.24. The molecule has 1 aliphatic rings. The molecule has 0 saturated carbocycles. The van der Waals surface area contributed by atoms with Crippen LogP contribution in [0.15, 0.2) is 0 Å². The highest BCUT2D eigenvalue weighted by Crippen LogP contribution is 2.16. The third kappa shape index (κ3) is 4.40. The Morgan fingerprint density at radius 2 is 2.29 bits per heavy atom. The van der Waals surface area contributed by atoms with Crippen LogP contribution in [0.2, 0.25) is 0 Å². The molecule has 3 nitrogen and oxygen atoms in total. The molecule has 0 radical (unpaired) electrons. The zero-order valence-corrected chi connectivity index (χ0v) is 9.55. The SMILES string of the molecule is CC(C)CC(C)(O)CNC1CCOC1. The van der Waals surface area contributed by atoms with Gasteiger partial charge in [0.05, 0.1) is 12.2 Å². The predicted octanol–water partition coefficient (Wildman–Crippen LogP) is 1.16. The van der Waals surface area contributed by atoms with Crippen molar-refractivity contribution in [2.24, 2.45) is 5.92 Å². The Kier molecular flexibility index (Phi) is 4.35. The van der Waals surface area contributed by atoms with E-state index in [0.717, 1.165) is 26.1 Å². The van der Waals surface area contributed by atoms with Crippen molar-refractivity contribution in [3.05, 3.63) is 0 Å². The lowest BCUT2D eigenvalue weighted by atomic mass is 9.94. The number of hydrogen-bond donors (Lipinski definition) is 2. The first-order chi connectivity index (χ1) is 6.49. The normalized spacial score (nSPS) is 26.8. The van der Waals surface area contributed by atoms with Gasteiger partial charge in [0.25, 0.3) is 0 Å². The molecule has 2 N–H and O–H groups in total. The molecule has 2 atom stereocenters. The van der Waals surface area contributed by atoms with E-state index in [-0.39, 0.29) is 0 Å². The van der Waals surface area contributed by atoms with Crippen LogP contribution in [0.1, 0.15) is 33.6 Å². The van der Waals surface area contributed by atoms with E-state index in [9.17, 15) is 5.11 Å². The Labute approximate surface area is 86.8 Å². The number of hydrogen-bond acceptors (Lipinski definition) is 3. The molecule has 1 aliphatic heterocycles. The van der Waals surface area contributed by atoms with Gasteiger partial charge in [0.2, 0.25) is 0 Å². The van der Waals surface area contributed by atoms with Crippen molar-refractivity contribution < 1.29 is 9.84 Å². The molecule has 14 heavy (non-hydrogen) atoms. The second-order valence-corrected chi connectivity index (χ2v) is 5.04. The van der Waals surface area contributed by atoms with Crippen molar-refractivity contribution in [2.75, 3.05) is 19.8 Å². The number of nitrogens with one attached hydrogen (secondary N) is 1. The molecule has 1 saturated heterocycles. The van der Waals surface area contributed by atoms with E-state index in [1.165, 1.54) is 0 Å². The summed E-state index contributed by atoms with van der Waals surface area (Å²) < 4.78 is 5.26. The minimum Gasteiger partial charge on any atom is -0.389 e. The summed E-state index contributed by atoms with van der Waals surface area (Å²) in [5, 5.41) is 13.4. The largest absolute Gasteiger partial charge is 0.389 e. The van der Waals surface area contributed by atoms with Crippen LogP contribution in [0, 0.1) is 5.92 Å². The summed E-state index contributed by atoms with van der Waals surface area (Å²) in [6, 6.07) is 0.439. The summed E-state index contributed by atoms with van der Waals surface area (Å²) in [7, 11) is 0. The van der Waals surface area contributed by atoms with Gasteiger partial charge < -0.3 is 15.2 Å². The van der Waals surface area contributed by atoms with Crippen molar-refractivity contribution in [3.63, 3.8) is 0 Å². The van der Waals surface area contributed by atoms with Crippen LogP contribution in [0.5, 0.6) is 0 Å². The molecule has 84 valence electrons. The molecule has 1 heterocycles. The van der Waals surface area contributed by atoms with Gasteiger partial charge >= 0.3 is 0 Å². The highest BCUT2D eigenvalue weighted by molar-refractivity contribution is 4.80. The topological polar surface area (TPSA) is 41.5 Å². The van der Waals surface area contributed by atoms with Gasteiger partial charge in [0, 0.05) is 19.2 Å².